The molecular weight excluding hydrogens is 356 g/mol. The molecule has 3 rings (SSSR count). The second-order valence-electron chi connectivity index (χ2n) is 6.76. The normalized spacial score (nSPS) is 25.0. The van der Waals surface area contributed by atoms with Gasteiger partial charge in [0.1, 0.15) is 11.5 Å². The first-order chi connectivity index (χ1) is 12.4. The molecular formula is C18H26N2O5S. The molecule has 0 aromatic heterocycles. The fourth-order valence-corrected chi connectivity index (χ4v) is 6.03. The molecule has 0 spiro atoms. The molecule has 144 valence electrons. The first-order valence-corrected chi connectivity index (χ1v) is 10.7. The molecule has 2 heterocycles. The van der Waals surface area contributed by atoms with E-state index in [-0.39, 0.29) is 29.5 Å². The Hall–Kier alpha value is -1.80. The molecule has 26 heavy (non-hydrogen) atoms. The van der Waals surface area contributed by atoms with Crippen molar-refractivity contribution in [3.8, 4) is 11.5 Å². The summed E-state index contributed by atoms with van der Waals surface area (Å²) in [4.78, 5) is 16.2. The SMILES string of the molecule is CCC(=O)N1CCN(Cc2c(OC)cccc2OC)[C@@H]2CS(=O)(=O)C[C@@H]21. The van der Waals surface area contributed by atoms with Gasteiger partial charge < -0.3 is 14.4 Å². The number of rotatable bonds is 5. The zero-order valence-electron chi connectivity index (χ0n) is 15.5. The van der Waals surface area contributed by atoms with Crippen molar-refractivity contribution in [2.75, 3.05) is 38.8 Å². The number of ether oxygens (including phenoxy) is 2. The lowest BCUT2D eigenvalue weighted by atomic mass is 10.0. The first kappa shape index (κ1) is 19.0. The van der Waals surface area contributed by atoms with Crippen molar-refractivity contribution in [1.29, 1.82) is 0 Å². The number of amides is 1. The van der Waals surface area contributed by atoms with Gasteiger partial charge in [0, 0.05) is 32.1 Å². The Morgan fingerprint density at radius 1 is 1.12 bits per heavy atom. The molecule has 1 aromatic carbocycles. The summed E-state index contributed by atoms with van der Waals surface area (Å²) in [7, 11) is 0.0620. The van der Waals surface area contributed by atoms with Crippen LogP contribution in [0.2, 0.25) is 0 Å². The maximum absolute atomic E-state index is 12.3. The molecule has 2 fully saturated rings. The minimum Gasteiger partial charge on any atom is -0.496 e. The van der Waals surface area contributed by atoms with Gasteiger partial charge in [-0.2, -0.15) is 0 Å². The molecule has 1 amide bonds. The zero-order valence-corrected chi connectivity index (χ0v) is 16.3. The van der Waals surface area contributed by atoms with Gasteiger partial charge in [0.25, 0.3) is 0 Å². The van der Waals surface area contributed by atoms with Gasteiger partial charge in [-0.1, -0.05) is 13.0 Å². The van der Waals surface area contributed by atoms with Crippen LogP contribution in [0.3, 0.4) is 0 Å². The quantitative estimate of drug-likeness (QED) is 0.754. The van der Waals surface area contributed by atoms with Crippen molar-refractivity contribution in [2.45, 2.75) is 32.0 Å². The fourth-order valence-electron chi connectivity index (χ4n) is 4.02. The number of piperazine rings is 1. The van der Waals surface area contributed by atoms with E-state index in [9.17, 15) is 13.2 Å². The van der Waals surface area contributed by atoms with E-state index in [0.717, 1.165) is 5.56 Å². The van der Waals surface area contributed by atoms with Gasteiger partial charge in [-0.15, -0.1) is 0 Å². The molecule has 2 saturated heterocycles. The van der Waals surface area contributed by atoms with E-state index >= 15 is 0 Å². The number of carbonyl (C=O) groups is 1. The monoisotopic (exact) mass is 382 g/mol. The minimum atomic E-state index is -3.16. The maximum atomic E-state index is 12.3. The first-order valence-electron chi connectivity index (χ1n) is 8.84. The van der Waals surface area contributed by atoms with Gasteiger partial charge in [-0.05, 0) is 12.1 Å². The van der Waals surface area contributed by atoms with Crippen LogP contribution in [0.1, 0.15) is 18.9 Å². The smallest absolute Gasteiger partial charge is 0.222 e. The molecule has 8 heteroatoms. The molecule has 0 N–H and O–H groups in total. The summed E-state index contributed by atoms with van der Waals surface area (Å²) < 4.78 is 35.5. The minimum absolute atomic E-state index is 0.0200. The third kappa shape index (κ3) is 3.53. The van der Waals surface area contributed by atoms with E-state index in [1.807, 2.05) is 25.1 Å². The number of benzene rings is 1. The van der Waals surface area contributed by atoms with Crippen LogP contribution in [0.25, 0.3) is 0 Å². The molecule has 1 aromatic rings. The van der Waals surface area contributed by atoms with Crippen LogP contribution in [-0.2, 0) is 21.2 Å². The van der Waals surface area contributed by atoms with E-state index in [4.69, 9.17) is 9.47 Å². The molecule has 2 aliphatic rings. The fraction of sp³-hybridized carbons (Fsp3) is 0.611. The zero-order chi connectivity index (χ0) is 18.9. The van der Waals surface area contributed by atoms with Crippen LogP contribution < -0.4 is 9.47 Å². The molecule has 2 atom stereocenters. The number of hydrogen-bond donors (Lipinski definition) is 0. The Kier molecular flexibility index (Phi) is 5.43. The van der Waals surface area contributed by atoms with Crippen LogP contribution in [0, 0.1) is 0 Å². The van der Waals surface area contributed by atoms with Crippen LogP contribution in [0.4, 0.5) is 0 Å². The van der Waals surface area contributed by atoms with Crippen molar-refractivity contribution in [1.82, 2.24) is 9.80 Å². The van der Waals surface area contributed by atoms with E-state index in [2.05, 4.69) is 4.90 Å². The average Bonchev–Trinajstić information content (AvgIpc) is 2.96. The third-order valence-electron chi connectivity index (χ3n) is 5.30. The number of fused-ring (bicyclic) bond motifs is 1. The van der Waals surface area contributed by atoms with E-state index in [1.54, 1.807) is 19.1 Å². The van der Waals surface area contributed by atoms with Gasteiger partial charge in [0.05, 0.1) is 37.3 Å². The Morgan fingerprint density at radius 2 is 1.73 bits per heavy atom. The van der Waals surface area contributed by atoms with E-state index in [1.165, 1.54) is 0 Å². The number of sulfone groups is 1. The molecule has 0 unspecified atom stereocenters. The van der Waals surface area contributed by atoms with Gasteiger partial charge in [-0.3, -0.25) is 9.69 Å². The summed E-state index contributed by atoms with van der Waals surface area (Å²) in [5, 5.41) is 0. The molecule has 7 nitrogen and oxygen atoms in total. The van der Waals surface area contributed by atoms with Gasteiger partial charge in [0.2, 0.25) is 5.91 Å². The number of hydrogen-bond acceptors (Lipinski definition) is 6. The number of nitrogens with zero attached hydrogens (tertiary/aromatic N) is 2. The van der Waals surface area contributed by atoms with Gasteiger partial charge >= 0.3 is 0 Å². The second-order valence-corrected chi connectivity index (χ2v) is 8.92. The number of methoxy groups -OCH3 is 2. The number of carbonyl (C=O) groups excluding carboxylic acids is 1. The summed E-state index contributed by atoms with van der Waals surface area (Å²) in [6.07, 6.45) is 0.392. The lowest BCUT2D eigenvalue weighted by Gasteiger charge is -2.44. The van der Waals surface area contributed by atoms with Crippen LogP contribution in [0.15, 0.2) is 18.2 Å². The highest BCUT2D eigenvalue weighted by atomic mass is 32.2. The lowest BCUT2D eigenvalue weighted by Crippen LogP contribution is -2.60. The van der Waals surface area contributed by atoms with Gasteiger partial charge in [0.15, 0.2) is 9.84 Å². The summed E-state index contributed by atoms with van der Waals surface area (Å²) in [5.74, 6) is 1.58. The van der Waals surface area contributed by atoms with Gasteiger partial charge in [-0.25, -0.2) is 8.42 Å². The molecule has 2 aliphatic heterocycles. The lowest BCUT2D eigenvalue weighted by molar-refractivity contribution is -0.136. The molecule has 0 radical (unpaired) electrons. The highest BCUT2D eigenvalue weighted by Gasteiger charge is 2.47. The third-order valence-corrected chi connectivity index (χ3v) is 7.00. The topological polar surface area (TPSA) is 76.2 Å². The highest BCUT2D eigenvalue weighted by molar-refractivity contribution is 7.91. The Balaban J connectivity index is 1.90. The largest absolute Gasteiger partial charge is 0.496 e. The van der Waals surface area contributed by atoms with Crippen molar-refractivity contribution in [2.24, 2.45) is 0 Å². The van der Waals surface area contributed by atoms with Crippen LogP contribution in [0.5, 0.6) is 11.5 Å². The highest BCUT2D eigenvalue weighted by Crippen LogP contribution is 2.34. The van der Waals surface area contributed by atoms with E-state index < -0.39 is 9.84 Å². The maximum Gasteiger partial charge on any atom is 0.222 e. The summed E-state index contributed by atoms with van der Waals surface area (Å²) in [5.41, 5.74) is 0.899. The van der Waals surface area contributed by atoms with Crippen molar-refractivity contribution in [3.63, 3.8) is 0 Å². The van der Waals surface area contributed by atoms with Crippen molar-refractivity contribution < 1.29 is 22.7 Å². The van der Waals surface area contributed by atoms with Crippen LogP contribution in [-0.4, -0.2) is 75.0 Å². The molecule has 0 bridgehead atoms. The van der Waals surface area contributed by atoms with E-state index in [0.29, 0.717) is 37.6 Å². The Labute approximate surface area is 154 Å². The molecule has 0 aliphatic carbocycles. The average molecular weight is 382 g/mol. The second kappa shape index (κ2) is 7.44. The Bertz CT molecular complexity index is 758. The standard InChI is InChI=1S/C18H26N2O5S/c1-4-18(21)20-9-8-19(14-11-26(22,23)12-15(14)20)10-13-16(24-2)6-5-7-17(13)25-3/h5-7,14-15H,4,8-12H2,1-3H3/t14-,15+/m1/s1. The predicted molar refractivity (Wildman–Crippen MR) is 98.2 cm³/mol. The van der Waals surface area contributed by atoms with Crippen LogP contribution >= 0.6 is 0 Å². The van der Waals surface area contributed by atoms with Crippen molar-refractivity contribution in [3.05, 3.63) is 23.8 Å². The summed E-state index contributed by atoms with van der Waals surface area (Å²) in [6, 6.07) is 5.14. The summed E-state index contributed by atoms with van der Waals surface area (Å²) >= 11 is 0. The Morgan fingerprint density at radius 3 is 2.31 bits per heavy atom. The molecule has 0 saturated carbocycles. The summed E-state index contributed by atoms with van der Waals surface area (Å²) in [6.45, 7) is 3.51. The predicted octanol–water partition coefficient (Wildman–Crippen LogP) is 0.924. The van der Waals surface area contributed by atoms with Crippen molar-refractivity contribution >= 4 is 15.7 Å².